The fraction of sp³-hybridized carbons (Fsp3) is 0.464. The molecule has 6 rings (SSSR count). The van der Waals surface area contributed by atoms with Crippen LogP contribution in [0.1, 0.15) is 46.7 Å². The topological polar surface area (TPSA) is 217 Å². The van der Waals surface area contributed by atoms with Gasteiger partial charge in [0.1, 0.15) is 17.5 Å². The highest BCUT2D eigenvalue weighted by Gasteiger charge is 2.74. The summed E-state index contributed by atoms with van der Waals surface area (Å²) >= 11 is 0. The molecule has 1 aromatic carbocycles. The number of hydrogen-bond donors (Lipinski definition) is 9. The summed E-state index contributed by atoms with van der Waals surface area (Å²) in [5.41, 5.74) is -0.799. The predicted molar refractivity (Wildman–Crippen MR) is 153 cm³/mol. The fourth-order valence-electron chi connectivity index (χ4n) is 6.55. The second kappa shape index (κ2) is 9.98. The first-order valence-electron chi connectivity index (χ1n) is 14.0. The molecule has 3 fully saturated rings. The van der Waals surface area contributed by atoms with Crippen LogP contribution in [0.5, 0.6) is 11.5 Å². The Labute approximate surface area is 247 Å². The molecule has 4 aliphatic heterocycles. The molecule has 0 saturated carbocycles. The maximum absolute atomic E-state index is 13.6. The zero-order valence-corrected chi connectivity index (χ0v) is 23.9. The van der Waals surface area contributed by atoms with Gasteiger partial charge in [-0.25, -0.2) is 4.98 Å². The molecule has 15 heteroatoms. The van der Waals surface area contributed by atoms with Gasteiger partial charge in [0.15, 0.2) is 23.3 Å². The molecule has 0 aliphatic carbocycles. The van der Waals surface area contributed by atoms with Crippen LogP contribution in [-0.2, 0) is 5.41 Å². The molecule has 1 aromatic heterocycles. The van der Waals surface area contributed by atoms with Crippen molar-refractivity contribution >= 4 is 23.7 Å². The number of para-hydroxylation sites is 1. The number of hydrogen-bond acceptors (Lipinski definition) is 9. The third-order valence-electron chi connectivity index (χ3n) is 8.85. The van der Waals surface area contributed by atoms with Crippen molar-refractivity contribution in [2.24, 2.45) is 0 Å². The molecule has 0 radical (unpaired) electrons. The van der Waals surface area contributed by atoms with E-state index in [0.717, 1.165) is 12.0 Å². The number of pyridine rings is 1. The molecule has 4 atom stereocenters. The van der Waals surface area contributed by atoms with Gasteiger partial charge in [0.2, 0.25) is 5.79 Å². The van der Waals surface area contributed by atoms with Crippen LogP contribution in [0.25, 0.3) is 0 Å². The van der Waals surface area contributed by atoms with Crippen LogP contribution in [0.4, 0.5) is 0 Å². The van der Waals surface area contributed by atoms with Gasteiger partial charge in [-0.3, -0.25) is 20.4 Å². The van der Waals surface area contributed by atoms with Gasteiger partial charge >= 0.3 is 0 Å². The Morgan fingerprint density at radius 2 is 1.98 bits per heavy atom. The Morgan fingerprint density at radius 1 is 1.19 bits per heavy atom. The van der Waals surface area contributed by atoms with E-state index in [1.165, 1.54) is 18.2 Å². The number of carbonyl (C=O) groups is 2. The first-order valence-corrected chi connectivity index (χ1v) is 14.0. The predicted octanol–water partition coefficient (Wildman–Crippen LogP) is -1.23. The maximum Gasteiger partial charge on any atom is 0.273 e. The van der Waals surface area contributed by atoms with E-state index < -0.39 is 41.4 Å². The summed E-state index contributed by atoms with van der Waals surface area (Å²) in [5.74, 6) is -3.41. The van der Waals surface area contributed by atoms with Crippen LogP contribution >= 0.6 is 0 Å². The number of rotatable bonds is 6. The van der Waals surface area contributed by atoms with E-state index in [-0.39, 0.29) is 47.4 Å². The molecule has 9 N–H and O–H groups in total. The molecule has 2 aromatic rings. The first-order chi connectivity index (χ1) is 20.4. The molecule has 2 amide bonds. The van der Waals surface area contributed by atoms with E-state index in [0.29, 0.717) is 12.4 Å². The molecule has 3 saturated heterocycles. The Bertz CT molecular complexity index is 1510. The van der Waals surface area contributed by atoms with Crippen molar-refractivity contribution in [3.8, 4) is 11.5 Å². The number of methoxy groups -OCH3 is 1. The van der Waals surface area contributed by atoms with Gasteiger partial charge in [-0.2, -0.15) is 0 Å². The minimum atomic E-state index is -2.67. The molecule has 15 nitrogen and oxygen atoms in total. The smallest absolute Gasteiger partial charge is 0.273 e. The molecule has 2 unspecified atom stereocenters. The lowest BCUT2D eigenvalue weighted by Crippen LogP contribution is -2.81. The Hall–Kier alpha value is -4.63. The van der Waals surface area contributed by atoms with Gasteiger partial charge in [-0.15, -0.1) is 0 Å². The Balaban J connectivity index is 1.25. The summed E-state index contributed by atoms with van der Waals surface area (Å²) in [5, 5.41) is 54.7. The van der Waals surface area contributed by atoms with Gasteiger partial charge in [0, 0.05) is 24.8 Å². The van der Waals surface area contributed by atoms with Crippen LogP contribution in [0, 0.1) is 10.8 Å². The van der Waals surface area contributed by atoms with Crippen LogP contribution in [0.15, 0.2) is 36.5 Å². The molecular formula is C28H35N9O6. The highest BCUT2D eigenvalue weighted by molar-refractivity contribution is 5.98. The van der Waals surface area contributed by atoms with Crippen molar-refractivity contribution in [3.05, 3.63) is 53.3 Å². The molecule has 43 heavy (non-hydrogen) atoms. The number of carbonyl (C=O) groups excluding carboxylic acids is 2. The van der Waals surface area contributed by atoms with Crippen LogP contribution in [-0.4, -0.2) is 100 Å². The average Bonchev–Trinajstić information content (AvgIpc) is 3.44. The van der Waals surface area contributed by atoms with E-state index in [1.54, 1.807) is 24.3 Å². The summed E-state index contributed by atoms with van der Waals surface area (Å²) in [6.45, 7) is 4.37. The van der Waals surface area contributed by atoms with Crippen molar-refractivity contribution in [3.63, 3.8) is 0 Å². The quantitative estimate of drug-likeness (QED) is 0.181. The van der Waals surface area contributed by atoms with Crippen molar-refractivity contribution in [1.82, 2.24) is 36.5 Å². The van der Waals surface area contributed by atoms with Gasteiger partial charge < -0.3 is 51.2 Å². The SMILES string of the molecule is COc1cccnc1C(=O)NC[C@@H]1NC(=N)N2CC(NC(=O)c3cccc4c3OCCC4(C)C)C(O)(O)C23NC(=N)N[C@@H]13. The minimum absolute atomic E-state index is 0.0650. The molecule has 228 valence electrons. The highest BCUT2D eigenvalue weighted by atomic mass is 16.5. The van der Waals surface area contributed by atoms with E-state index in [1.807, 2.05) is 6.07 Å². The zero-order chi connectivity index (χ0) is 30.7. The third kappa shape index (κ3) is 4.29. The summed E-state index contributed by atoms with van der Waals surface area (Å²) < 4.78 is 11.1. The lowest BCUT2D eigenvalue weighted by atomic mass is 9.79. The summed E-state index contributed by atoms with van der Waals surface area (Å²) in [4.78, 5) is 32.0. The number of aliphatic hydroxyl groups is 2. The number of aromatic nitrogens is 1. The van der Waals surface area contributed by atoms with Crippen molar-refractivity contribution in [2.45, 2.75) is 55.3 Å². The molecule has 4 aliphatic rings. The maximum atomic E-state index is 13.6. The number of amides is 2. The fourth-order valence-corrected chi connectivity index (χ4v) is 6.55. The highest BCUT2D eigenvalue weighted by Crippen LogP contribution is 2.44. The molecular weight excluding hydrogens is 558 g/mol. The van der Waals surface area contributed by atoms with Crippen LogP contribution in [0.3, 0.4) is 0 Å². The lowest BCUT2D eigenvalue weighted by Gasteiger charge is -2.51. The van der Waals surface area contributed by atoms with E-state index >= 15 is 0 Å². The van der Waals surface area contributed by atoms with Crippen molar-refractivity contribution in [1.29, 1.82) is 10.8 Å². The Morgan fingerprint density at radius 3 is 2.74 bits per heavy atom. The minimum Gasteiger partial charge on any atom is -0.494 e. The largest absolute Gasteiger partial charge is 0.494 e. The van der Waals surface area contributed by atoms with Gasteiger partial charge in [-0.05, 0) is 30.0 Å². The van der Waals surface area contributed by atoms with Gasteiger partial charge in [0.05, 0.1) is 31.4 Å². The molecule has 1 spiro atoms. The summed E-state index contributed by atoms with van der Waals surface area (Å²) in [7, 11) is 1.42. The number of guanidine groups is 2. The van der Waals surface area contributed by atoms with Crippen molar-refractivity contribution in [2.75, 3.05) is 26.8 Å². The standard InChI is InChI=1S/C28H35N9O6/c1-26(2)9-11-43-20-14(6-4-7-15(20)26)22(38)34-18-13-37-25(30)33-16(21-27(37,28(18,40)41)36-24(29)35-21)12-32-23(39)19-17(42-3)8-5-10-31-19/h4-8,10,16,18,21,40-41H,9,11-13H2,1-3H3,(H2,30,33)(H,32,39)(H,34,38)(H3,29,35,36)/t16-,18?,21-,27?/m0/s1. The third-order valence-corrected chi connectivity index (χ3v) is 8.85. The number of nitrogens with zero attached hydrogens (tertiary/aromatic N) is 2. The molecule has 5 heterocycles. The average molecular weight is 594 g/mol. The normalized spacial score (nSPS) is 27.7. The van der Waals surface area contributed by atoms with E-state index in [4.69, 9.17) is 20.3 Å². The lowest BCUT2D eigenvalue weighted by molar-refractivity contribution is -0.232. The molecule has 0 bridgehead atoms. The van der Waals surface area contributed by atoms with Crippen LogP contribution in [0.2, 0.25) is 0 Å². The van der Waals surface area contributed by atoms with Crippen LogP contribution < -0.4 is 36.1 Å². The number of nitrogens with one attached hydrogen (secondary N) is 7. The van der Waals surface area contributed by atoms with E-state index in [9.17, 15) is 19.8 Å². The number of benzene rings is 1. The zero-order valence-electron chi connectivity index (χ0n) is 23.9. The second-order valence-corrected chi connectivity index (χ2v) is 11.8. The Kier molecular flexibility index (Phi) is 6.61. The first kappa shape index (κ1) is 28.5. The van der Waals surface area contributed by atoms with E-state index in [2.05, 4.69) is 45.4 Å². The van der Waals surface area contributed by atoms with Gasteiger partial charge in [0.25, 0.3) is 11.8 Å². The summed E-state index contributed by atoms with van der Waals surface area (Å²) in [6, 6.07) is 5.57. The number of fused-ring (bicyclic) bond motifs is 1. The summed E-state index contributed by atoms with van der Waals surface area (Å²) in [6.07, 6.45) is 2.25. The van der Waals surface area contributed by atoms with Crippen molar-refractivity contribution < 1.29 is 29.3 Å². The second-order valence-electron chi connectivity index (χ2n) is 11.8. The monoisotopic (exact) mass is 593 g/mol. The van der Waals surface area contributed by atoms with Gasteiger partial charge in [-0.1, -0.05) is 26.0 Å². The number of ether oxygens (including phenoxy) is 2.